The summed E-state index contributed by atoms with van der Waals surface area (Å²) in [4.78, 5) is 4.74. The number of piperidine rings is 1. The minimum Gasteiger partial charge on any atom is -0.388 e. The van der Waals surface area contributed by atoms with Crippen LogP contribution in [0.2, 0.25) is 0 Å². The van der Waals surface area contributed by atoms with Crippen molar-refractivity contribution in [1.29, 1.82) is 0 Å². The van der Waals surface area contributed by atoms with E-state index in [9.17, 15) is 5.11 Å². The van der Waals surface area contributed by atoms with Gasteiger partial charge in [0, 0.05) is 11.8 Å². The van der Waals surface area contributed by atoms with E-state index in [-0.39, 0.29) is 5.38 Å². The van der Waals surface area contributed by atoms with Crippen molar-refractivity contribution in [2.75, 3.05) is 13.1 Å². The first-order chi connectivity index (χ1) is 11.2. The molecular weight excluding hydrogens is 308 g/mol. The fraction of sp³-hybridized carbons (Fsp3) is 0.526. The number of halogens is 1. The molecule has 2 unspecified atom stereocenters. The van der Waals surface area contributed by atoms with Gasteiger partial charge in [0.2, 0.25) is 0 Å². The molecule has 0 spiro atoms. The normalized spacial score (nSPS) is 31.2. The van der Waals surface area contributed by atoms with Crippen LogP contribution in [0.25, 0.3) is 0 Å². The fourth-order valence-electron chi connectivity index (χ4n) is 4.13. The van der Waals surface area contributed by atoms with Crippen molar-refractivity contribution in [1.82, 2.24) is 5.32 Å². The maximum atomic E-state index is 10.8. The lowest BCUT2D eigenvalue weighted by atomic mass is 9.85. The minimum absolute atomic E-state index is 0.0406. The molecule has 3 nitrogen and oxygen atoms in total. The highest BCUT2D eigenvalue weighted by Crippen LogP contribution is 2.43. The van der Waals surface area contributed by atoms with Crippen LogP contribution in [0, 0.1) is 0 Å². The third-order valence-electron chi connectivity index (χ3n) is 5.27. The number of aliphatic hydroxyl groups excluding tert-OH is 1. The van der Waals surface area contributed by atoms with Gasteiger partial charge in [-0.25, -0.2) is 0 Å². The lowest BCUT2D eigenvalue weighted by Crippen LogP contribution is -2.24. The molecular formula is C19H23ClN2O. The molecule has 2 heterocycles. The van der Waals surface area contributed by atoms with Crippen LogP contribution in [-0.2, 0) is 0 Å². The summed E-state index contributed by atoms with van der Waals surface area (Å²) in [5, 5.41) is 14.2. The molecule has 0 aromatic heterocycles. The van der Waals surface area contributed by atoms with Crippen LogP contribution in [0.3, 0.4) is 0 Å². The molecule has 0 aromatic rings. The summed E-state index contributed by atoms with van der Waals surface area (Å²) in [6.45, 7) is 2.05. The quantitative estimate of drug-likeness (QED) is 0.668. The Bertz CT molecular complexity index is 661. The summed E-state index contributed by atoms with van der Waals surface area (Å²) in [6.07, 6.45) is 11.4. The van der Waals surface area contributed by atoms with Gasteiger partial charge in [0.15, 0.2) is 0 Å². The van der Waals surface area contributed by atoms with Gasteiger partial charge in [-0.1, -0.05) is 23.3 Å². The highest BCUT2D eigenvalue weighted by molar-refractivity contribution is 6.22. The van der Waals surface area contributed by atoms with Crippen LogP contribution in [0.5, 0.6) is 0 Å². The average molecular weight is 331 g/mol. The van der Waals surface area contributed by atoms with E-state index in [4.69, 9.17) is 16.6 Å². The molecule has 0 radical (unpaired) electrons. The fourth-order valence-corrected chi connectivity index (χ4v) is 4.39. The summed E-state index contributed by atoms with van der Waals surface area (Å²) >= 11 is 6.35. The number of aliphatic imine (C=N–C) groups is 1. The van der Waals surface area contributed by atoms with E-state index in [1.165, 1.54) is 22.3 Å². The van der Waals surface area contributed by atoms with Crippen LogP contribution < -0.4 is 5.32 Å². The smallest absolute Gasteiger partial charge is 0.0811 e. The largest absolute Gasteiger partial charge is 0.388 e. The molecule has 0 amide bonds. The predicted octanol–water partition coefficient (Wildman–Crippen LogP) is 3.41. The Kier molecular flexibility index (Phi) is 4.27. The van der Waals surface area contributed by atoms with Gasteiger partial charge in [-0.05, 0) is 62.8 Å². The number of nitrogens with one attached hydrogen (secondary N) is 1. The van der Waals surface area contributed by atoms with E-state index in [1.54, 1.807) is 0 Å². The first-order valence-electron chi connectivity index (χ1n) is 8.65. The van der Waals surface area contributed by atoms with E-state index in [2.05, 4.69) is 17.5 Å². The van der Waals surface area contributed by atoms with E-state index in [0.29, 0.717) is 6.42 Å². The van der Waals surface area contributed by atoms with Crippen molar-refractivity contribution in [3.63, 3.8) is 0 Å². The lowest BCUT2D eigenvalue weighted by molar-refractivity contribution is 0.205. The Balaban J connectivity index is 1.90. The lowest BCUT2D eigenvalue weighted by Gasteiger charge is -2.25. The molecule has 0 aromatic carbocycles. The van der Waals surface area contributed by atoms with Crippen molar-refractivity contribution in [3.8, 4) is 0 Å². The zero-order valence-corrected chi connectivity index (χ0v) is 14.1. The highest BCUT2D eigenvalue weighted by atomic mass is 35.5. The van der Waals surface area contributed by atoms with Gasteiger partial charge in [0.25, 0.3) is 0 Å². The number of aliphatic hydroxyl groups is 1. The molecule has 2 aliphatic carbocycles. The van der Waals surface area contributed by atoms with Gasteiger partial charge in [-0.15, -0.1) is 11.6 Å². The molecule has 4 heteroatoms. The first-order valence-corrected chi connectivity index (χ1v) is 9.09. The second-order valence-corrected chi connectivity index (χ2v) is 7.33. The van der Waals surface area contributed by atoms with Crippen LogP contribution in [0.15, 0.2) is 50.7 Å². The summed E-state index contributed by atoms with van der Waals surface area (Å²) < 4.78 is 0. The Morgan fingerprint density at radius 3 is 2.78 bits per heavy atom. The Morgan fingerprint density at radius 2 is 1.96 bits per heavy atom. The van der Waals surface area contributed by atoms with E-state index in [1.807, 2.05) is 6.21 Å². The van der Waals surface area contributed by atoms with Crippen molar-refractivity contribution >= 4 is 17.8 Å². The van der Waals surface area contributed by atoms with E-state index in [0.717, 1.165) is 56.5 Å². The minimum atomic E-state index is -0.414. The number of allylic oxidation sites excluding steroid dienone is 3. The zero-order valence-electron chi connectivity index (χ0n) is 13.3. The Labute approximate surface area is 142 Å². The Morgan fingerprint density at radius 1 is 1.13 bits per heavy atom. The molecule has 2 atom stereocenters. The summed E-state index contributed by atoms with van der Waals surface area (Å²) in [7, 11) is 0. The third-order valence-corrected chi connectivity index (χ3v) is 5.57. The highest BCUT2D eigenvalue weighted by Gasteiger charge is 2.31. The summed E-state index contributed by atoms with van der Waals surface area (Å²) in [5.74, 6) is 0. The number of hydrogen-bond acceptors (Lipinski definition) is 3. The SMILES string of the molecule is OC1CC2=C(C=CC(Cl)C2)C(=C2CCNCC2)C2=C1CCC=N2. The second-order valence-electron chi connectivity index (χ2n) is 6.77. The molecule has 1 saturated heterocycles. The van der Waals surface area contributed by atoms with Crippen LogP contribution in [0.4, 0.5) is 0 Å². The molecule has 4 rings (SSSR count). The van der Waals surface area contributed by atoms with Gasteiger partial charge >= 0.3 is 0 Å². The van der Waals surface area contributed by atoms with Crippen molar-refractivity contribution < 1.29 is 5.11 Å². The van der Waals surface area contributed by atoms with Gasteiger partial charge < -0.3 is 10.4 Å². The molecule has 122 valence electrons. The average Bonchev–Trinajstić information content (AvgIpc) is 2.70. The molecule has 0 bridgehead atoms. The van der Waals surface area contributed by atoms with Crippen LogP contribution >= 0.6 is 11.6 Å². The molecule has 0 saturated carbocycles. The molecule has 1 fully saturated rings. The number of hydrogen-bond donors (Lipinski definition) is 2. The van der Waals surface area contributed by atoms with Gasteiger partial charge in [0.1, 0.15) is 0 Å². The van der Waals surface area contributed by atoms with Gasteiger partial charge in [-0.3, -0.25) is 4.99 Å². The standard InChI is InChI=1S/C19H23ClN2O/c20-14-3-4-15-13(10-14)11-17(23)16-2-1-7-22-19(16)18(15)12-5-8-21-9-6-12/h3-4,7,14,17,21,23H,1-2,5-6,8-11H2. The maximum Gasteiger partial charge on any atom is 0.0811 e. The molecule has 23 heavy (non-hydrogen) atoms. The summed E-state index contributed by atoms with van der Waals surface area (Å²) in [5.41, 5.74) is 7.52. The van der Waals surface area contributed by atoms with Crippen molar-refractivity contribution in [3.05, 3.63) is 45.7 Å². The number of nitrogens with zero attached hydrogens (tertiary/aromatic N) is 1. The number of alkyl halides is 1. The maximum absolute atomic E-state index is 10.8. The zero-order chi connectivity index (χ0) is 15.8. The van der Waals surface area contributed by atoms with Gasteiger partial charge in [-0.2, -0.15) is 0 Å². The van der Waals surface area contributed by atoms with Crippen molar-refractivity contribution in [2.24, 2.45) is 4.99 Å². The first kappa shape index (κ1) is 15.4. The molecule has 2 N–H and O–H groups in total. The predicted molar refractivity (Wildman–Crippen MR) is 94.9 cm³/mol. The van der Waals surface area contributed by atoms with Crippen LogP contribution in [0.1, 0.15) is 38.5 Å². The number of rotatable bonds is 0. The van der Waals surface area contributed by atoms with Crippen molar-refractivity contribution in [2.45, 2.75) is 50.0 Å². The Hall–Kier alpha value is -1.16. The van der Waals surface area contributed by atoms with E-state index >= 15 is 0 Å². The van der Waals surface area contributed by atoms with E-state index < -0.39 is 6.10 Å². The second kappa shape index (κ2) is 6.39. The topological polar surface area (TPSA) is 44.6 Å². The monoisotopic (exact) mass is 330 g/mol. The molecule has 4 aliphatic rings. The van der Waals surface area contributed by atoms with Crippen LogP contribution in [-0.4, -0.2) is 35.9 Å². The third kappa shape index (κ3) is 2.86. The summed E-state index contributed by atoms with van der Waals surface area (Å²) in [6, 6.07) is 0. The van der Waals surface area contributed by atoms with Gasteiger partial charge in [0.05, 0.1) is 17.2 Å². The molecule has 2 aliphatic heterocycles.